The molecule has 0 amide bonds. The second-order valence-electron chi connectivity index (χ2n) is 5.09. The number of methoxy groups -OCH3 is 1. The number of hydrogen-bond donors (Lipinski definition) is 2. The van der Waals surface area contributed by atoms with E-state index in [2.05, 4.69) is 23.8 Å². The molecule has 0 aliphatic heterocycles. The molecule has 1 aromatic carbocycles. The van der Waals surface area contributed by atoms with Crippen molar-refractivity contribution in [2.24, 2.45) is 5.92 Å². The van der Waals surface area contributed by atoms with Crippen molar-refractivity contribution < 1.29 is 9.84 Å². The average molecular weight is 273 g/mol. The summed E-state index contributed by atoms with van der Waals surface area (Å²) in [6.07, 6.45) is 0.835. The summed E-state index contributed by atoms with van der Waals surface area (Å²) in [5, 5.41) is 9.82. The predicted molar refractivity (Wildman–Crippen MR) is 78.6 cm³/mol. The Hall–Kier alpha value is -2.30. The van der Waals surface area contributed by atoms with Gasteiger partial charge in [0.25, 0.3) is 0 Å². The van der Waals surface area contributed by atoms with Crippen molar-refractivity contribution in [1.82, 2.24) is 9.97 Å². The molecule has 20 heavy (non-hydrogen) atoms. The summed E-state index contributed by atoms with van der Waals surface area (Å²) in [5.41, 5.74) is 7.44. The molecule has 0 aliphatic rings. The Labute approximate surface area is 118 Å². The number of aromatic nitrogens is 2. The van der Waals surface area contributed by atoms with Crippen molar-refractivity contribution >= 4 is 5.82 Å². The lowest BCUT2D eigenvalue weighted by Gasteiger charge is -2.09. The highest BCUT2D eigenvalue weighted by Gasteiger charge is 2.10. The molecule has 0 fully saturated rings. The first-order valence-electron chi connectivity index (χ1n) is 6.50. The largest absolute Gasteiger partial charge is 0.504 e. The van der Waals surface area contributed by atoms with Crippen molar-refractivity contribution in [2.75, 3.05) is 12.8 Å². The van der Waals surface area contributed by atoms with E-state index < -0.39 is 0 Å². The van der Waals surface area contributed by atoms with Crippen molar-refractivity contribution in [2.45, 2.75) is 20.3 Å². The summed E-state index contributed by atoms with van der Waals surface area (Å²) in [6.45, 7) is 4.24. The van der Waals surface area contributed by atoms with E-state index in [1.165, 1.54) is 7.11 Å². The minimum absolute atomic E-state index is 0.0569. The first-order chi connectivity index (χ1) is 9.49. The Morgan fingerprint density at radius 1 is 1.25 bits per heavy atom. The van der Waals surface area contributed by atoms with Crippen LogP contribution in [0, 0.1) is 5.92 Å². The highest BCUT2D eigenvalue weighted by Crippen LogP contribution is 2.30. The Bertz CT molecular complexity index is 612. The van der Waals surface area contributed by atoms with Crippen LogP contribution in [0.15, 0.2) is 24.3 Å². The second kappa shape index (κ2) is 5.77. The Morgan fingerprint density at radius 3 is 2.60 bits per heavy atom. The van der Waals surface area contributed by atoms with Gasteiger partial charge in [-0.2, -0.15) is 0 Å². The molecule has 106 valence electrons. The highest BCUT2D eigenvalue weighted by atomic mass is 16.5. The van der Waals surface area contributed by atoms with Crippen LogP contribution in [-0.4, -0.2) is 22.2 Å². The third-order valence-electron chi connectivity index (χ3n) is 2.85. The van der Waals surface area contributed by atoms with E-state index in [1.54, 1.807) is 24.3 Å². The third-order valence-corrected chi connectivity index (χ3v) is 2.85. The molecule has 0 saturated carbocycles. The maximum atomic E-state index is 9.82. The maximum absolute atomic E-state index is 9.82. The topological polar surface area (TPSA) is 81.3 Å². The minimum atomic E-state index is 0.0569. The molecule has 0 spiro atoms. The summed E-state index contributed by atoms with van der Waals surface area (Å²) in [6, 6.07) is 6.84. The monoisotopic (exact) mass is 273 g/mol. The Morgan fingerprint density at radius 2 is 2.00 bits per heavy atom. The lowest BCUT2D eigenvalue weighted by Crippen LogP contribution is -2.03. The summed E-state index contributed by atoms with van der Waals surface area (Å²) in [7, 11) is 1.51. The number of nitrogens with two attached hydrogens (primary N) is 1. The van der Waals surface area contributed by atoms with Gasteiger partial charge >= 0.3 is 0 Å². The molecule has 0 unspecified atom stereocenters. The zero-order chi connectivity index (χ0) is 14.7. The number of ether oxygens (including phenoxy) is 1. The molecule has 0 atom stereocenters. The molecular weight excluding hydrogens is 254 g/mol. The van der Waals surface area contributed by atoms with Crippen LogP contribution >= 0.6 is 0 Å². The van der Waals surface area contributed by atoms with Gasteiger partial charge in [-0.25, -0.2) is 9.97 Å². The van der Waals surface area contributed by atoms with Crippen LogP contribution < -0.4 is 10.5 Å². The van der Waals surface area contributed by atoms with Gasteiger partial charge in [0.2, 0.25) is 0 Å². The maximum Gasteiger partial charge on any atom is 0.161 e. The summed E-state index contributed by atoms with van der Waals surface area (Å²) < 4.78 is 5.02. The first kappa shape index (κ1) is 14.1. The zero-order valence-electron chi connectivity index (χ0n) is 11.9. The van der Waals surface area contributed by atoms with Crippen LogP contribution in [0.1, 0.15) is 19.5 Å². The van der Waals surface area contributed by atoms with Gasteiger partial charge in [-0.15, -0.1) is 0 Å². The number of phenols is 1. The number of rotatable bonds is 4. The van der Waals surface area contributed by atoms with E-state index in [0.29, 0.717) is 28.9 Å². The molecule has 0 radical (unpaired) electrons. The van der Waals surface area contributed by atoms with Crippen LogP contribution in [0.4, 0.5) is 5.82 Å². The Kier molecular flexibility index (Phi) is 4.08. The van der Waals surface area contributed by atoms with E-state index in [0.717, 1.165) is 12.1 Å². The average Bonchev–Trinajstić information content (AvgIpc) is 2.37. The fourth-order valence-electron chi connectivity index (χ4n) is 2.00. The fraction of sp³-hybridized carbons (Fsp3) is 0.333. The number of nitrogens with zero attached hydrogens (tertiary/aromatic N) is 2. The molecule has 5 nitrogen and oxygen atoms in total. The smallest absolute Gasteiger partial charge is 0.161 e. The standard InChI is InChI=1S/C15H19N3O2/c1-9(2)6-11-8-14(16)18-15(17-11)10-4-5-13(20-3)12(19)7-10/h4-5,7-9,19H,6H2,1-3H3,(H2,16,17,18). The molecule has 2 aromatic rings. The van der Waals surface area contributed by atoms with Crippen molar-refractivity contribution in [3.05, 3.63) is 30.0 Å². The number of anilines is 1. The molecular formula is C15H19N3O2. The molecule has 0 aliphatic carbocycles. The lowest BCUT2D eigenvalue weighted by molar-refractivity contribution is 0.373. The quantitative estimate of drug-likeness (QED) is 0.895. The molecule has 1 heterocycles. The first-order valence-corrected chi connectivity index (χ1v) is 6.50. The SMILES string of the molecule is COc1ccc(-c2nc(N)cc(CC(C)C)n2)cc1O. The van der Waals surface area contributed by atoms with Gasteiger partial charge in [0.05, 0.1) is 7.11 Å². The van der Waals surface area contributed by atoms with Crippen LogP contribution in [0.5, 0.6) is 11.5 Å². The van der Waals surface area contributed by atoms with E-state index in [9.17, 15) is 5.11 Å². The molecule has 1 aromatic heterocycles. The van der Waals surface area contributed by atoms with Gasteiger partial charge in [-0.3, -0.25) is 0 Å². The van der Waals surface area contributed by atoms with E-state index in [-0.39, 0.29) is 5.75 Å². The van der Waals surface area contributed by atoms with Gasteiger partial charge < -0.3 is 15.6 Å². The van der Waals surface area contributed by atoms with Crippen molar-refractivity contribution in [1.29, 1.82) is 0 Å². The highest BCUT2D eigenvalue weighted by molar-refractivity contribution is 5.62. The van der Waals surface area contributed by atoms with Crippen LogP contribution in [0.3, 0.4) is 0 Å². The summed E-state index contributed by atoms with van der Waals surface area (Å²) in [4.78, 5) is 8.72. The van der Waals surface area contributed by atoms with Crippen LogP contribution in [0.25, 0.3) is 11.4 Å². The second-order valence-corrected chi connectivity index (χ2v) is 5.09. The molecule has 0 bridgehead atoms. The minimum Gasteiger partial charge on any atom is -0.504 e. The number of nitrogen functional groups attached to an aromatic ring is 1. The van der Waals surface area contributed by atoms with Crippen molar-refractivity contribution in [3.63, 3.8) is 0 Å². The van der Waals surface area contributed by atoms with E-state index in [1.807, 2.05) is 0 Å². The number of hydrogen-bond acceptors (Lipinski definition) is 5. The number of benzene rings is 1. The van der Waals surface area contributed by atoms with Gasteiger partial charge in [-0.05, 0) is 30.5 Å². The van der Waals surface area contributed by atoms with Gasteiger partial charge in [0.15, 0.2) is 17.3 Å². The zero-order valence-corrected chi connectivity index (χ0v) is 11.9. The fourth-order valence-corrected chi connectivity index (χ4v) is 2.00. The Balaban J connectivity index is 2.41. The van der Waals surface area contributed by atoms with Gasteiger partial charge in [0.1, 0.15) is 5.82 Å². The summed E-state index contributed by atoms with van der Waals surface area (Å²) in [5.74, 6) is 1.91. The van der Waals surface area contributed by atoms with Crippen LogP contribution in [-0.2, 0) is 6.42 Å². The van der Waals surface area contributed by atoms with E-state index in [4.69, 9.17) is 10.5 Å². The third kappa shape index (κ3) is 3.17. The van der Waals surface area contributed by atoms with E-state index >= 15 is 0 Å². The summed E-state index contributed by atoms with van der Waals surface area (Å²) >= 11 is 0. The normalized spacial score (nSPS) is 10.8. The molecule has 2 rings (SSSR count). The van der Waals surface area contributed by atoms with Gasteiger partial charge in [0, 0.05) is 17.3 Å². The molecule has 3 N–H and O–H groups in total. The molecule has 5 heteroatoms. The predicted octanol–water partition coefficient (Wildman–Crippen LogP) is 2.64. The number of aromatic hydroxyl groups is 1. The molecule has 0 saturated heterocycles. The number of phenolic OH excluding ortho intramolecular Hbond substituents is 1. The van der Waals surface area contributed by atoms with Crippen molar-refractivity contribution in [3.8, 4) is 22.9 Å². The lowest BCUT2D eigenvalue weighted by atomic mass is 10.1. The van der Waals surface area contributed by atoms with Gasteiger partial charge in [-0.1, -0.05) is 13.8 Å². The van der Waals surface area contributed by atoms with Crippen LogP contribution in [0.2, 0.25) is 0 Å².